The summed E-state index contributed by atoms with van der Waals surface area (Å²) in [5.41, 5.74) is 6.32. The third kappa shape index (κ3) is 3.47. The van der Waals surface area contributed by atoms with Gasteiger partial charge in [-0.05, 0) is 18.6 Å². The molecular formula is C11H17N3S. The lowest BCUT2D eigenvalue weighted by atomic mass is 10.2. The molecule has 0 amide bonds. The highest BCUT2D eigenvalue weighted by Gasteiger charge is 2.02. The molecule has 4 heteroatoms. The van der Waals surface area contributed by atoms with Gasteiger partial charge in [0.2, 0.25) is 0 Å². The summed E-state index contributed by atoms with van der Waals surface area (Å²) in [6.07, 6.45) is 4.09. The van der Waals surface area contributed by atoms with Crippen LogP contribution in [0, 0.1) is 0 Å². The molecule has 0 saturated carbocycles. The summed E-state index contributed by atoms with van der Waals surface area (Å²) in [6.45, 7) is 3.20. The van der Waals surface area contributed by atoms with Gasteiger partial charge in [-0.15, -0.1) is 0 Å². The fraction of sp³-hybridized carbons (Fsp3) is 0.455. The Kier molecular flexibility index (Phi) is 4.49. The molecule has 0 bridgehead atoms. The lowest BCUT2D eigenvalue weighted by Gasteiger charge is -2.17. The van der Waals surface area contributed by atoms with Gasteiger partial charge in [0.1, 0.15) is 10.8 Å². The maximum Gasteiger partial charge on any atom is 0.128 e. The lowest BCUT2D eigenvalue weighted by Crippen LogP contribution is -2.20. The zero-order valence-electron chi connectivity index (χ0n) is 9.23. The molecule has 0 unspecified atom stereocenters. The van der Waals surface area contributed by atoms with Crippen LogP contribution >= 0.6 is 12.2 Å². The molecular weight excluding hydrogens is 206 g/mol. The van der Waals surface area contributed by atoms with E-state index in [1.54, 1.807) is 6.20 Å². The minimum atomic E-state index is 0.394. The lowest BCUT2D eigenvalue weighted by molar-refractivity contribution is 0.759. The molecule has 0 radical (unpaired) electrons. The number of aromatic nitrogens is 1. The second-order valence-corrected chi connectivity index (χ2v) is 3.98. The van der Waals surface area contributed by atoms with Gasteiger partial charge < -0.3 is 10.6 Å². The van der Waals surface area contributed by atoms with Gasteiger partial charge in [0.15, 0.2) is 0 Å². The van der Waals surface area contributed by atoms with Gasteiger partial charge in [-0.1, -0.05) is 25.6 Å². The number of nitrogens with zero attached hydrogens (tertiary/aromatic N) is 2. The molecule has 0 saturated heterocycles. The second kappa shape index (κ2) is 5.66. The maximum absolute atomic E-state index is 5.50. The van der Waals surface area contributed by atoms with Crippen molar-refractivity contribution in [3.8, 4) is 0 Å². The fourth-order valence-electron chi connectivity index (χ4n) is 1.27. The van der Waals surface area contributed by atoms with Gasteiger partial charge in [-0.2, -0.15) is 0 Å². The molecule has 0 aliphatic carbocycles. The first-order chi connectivity index (χ1) is 7.15. The van der Waals surface area contributed by atoms with Gasteiger partial charge in [0, 0.05) is 25.4 Å². The predicted molar refractivity (Wildman–Crippen MR) is 68.3 cm³/mol. The van der Waals surface area contributed by atoms with Crippen molar-refractivity contribution in [2.45, 2.75) is 19.8 Å². The van der Waals surface area contributed by atoms with Crippen molar-refractivity contribution < 1.29 is 0 Å². The van der Waals surface area contributed by atoms with Crippen molar-refractivity contribution in [3.63, 3.8) is 0 Å². The summed E-state index contributed by atoms with van der Waals surface area (Å²) in [7, 11) is 2.04. The minimum absolute atomic E-state index is 0.394. The average Bonchev–Trinajstić information content (AvgIpc) is 2.26. The van der Waals surface area contributed by atoms with E-state index in [0.717, 1.165) is 17.9 Å². The monoisotopic (exact) mass is 223 g/mol. The Balaban J connectivity index is 2.66. The number of pyridine rings is 1. The van der Waals surface area contributed by atoms with E-state index in [9.17, 15) is 0 Å². The Labute approximate surface area is 96.3 Å². The normalized spacial score (nSPS) is 10.0. The Morgan fingerprint density at radius 3 is 2.73 bits per heavy atom. The van der Waals surface area contributed by atoms with Crippen LogP contribution in [0.1, 0.15) is 25.3 Å². The third-order valence-corrected chi connectivity index (χ3v) is 2.51. The molecule has 3 nitrogen and oxygen atoms in total. The highest BCUT2D eigenvalue weighted by atomic mass is 32.1. The van der Waals surface area contributed by atoms with Crippen molar-refractivity contribution in [3.05, 3.63) is 23.9 Å². The van der Waals surface area contributed by atoms with Crippen LogP contribution in [0.3, 0.4) is 0 Å². The van der Waals surface area contributed by atoms with E-state index in [-0.39, 0.29) is 0 Å². The Hall–Kier alpha value is -1.16. The highest BCUT2D eigenvalue weighted by molar-refractivity contribution is 7.80. The van der Waals surface area contributed by atoms with Crippen LogP contribution < -0.4 is 10.6 Å². The zero-order chi connectivity index (χ0) is 11.3. The SMILES string of the molecule is CCCCN(C)c1ccc(C(N)=S)cn1. The Bertz CT molecular complexity index is 321. The zero-order valence-corrected chi connectivity index (χ0v) is 10.0. The van der Waals surface area contributed by atoms with Crippen molar-refractivity contribution >= 4 is 23.0 Å². The van der Waals surface area contributed by atoms with E-state index in [2.05, 4.69) is 16.8 Å². The first-order valence-corrected chi connectivity index (χ1v) is 5.53. The van der Waals surface area contributed by atoms with E-state index in [1.807, 2.05) is 19.2 Å². The van der Waals surface area contributed by atoms with E-state index in [0.29, 0.717) is 4.99 Å². The first kappa shape index (κ1) is 11.9. The number of hydrogen-bond donors (Lipinski definition) is 1. The predicted octanol–water partition coefficient (Wildman–Crippen LogP) is 1.95. The number of anilines is 1. The topological polar surface area (TPSA) is 42.1 Å². The fourth-order valence-corrected chi connectivity index (χ4v) is 1.39. The number of nitrogens with two attached hydrogens (primary N) is 1. The van der Waals surface area contributed by atoms with Crippen molar-refractivity contribution in [2.24, 2.45) is 5.73 Å². The molecule has 0 spiro atoms. The molecule has 0 aromatic carbocycles. The molecule has 1 aromatic rings. The second-order valence-electron chi connectivity index (χ2n) is 3.54. The summed E-state index contributed by atoms with van der Waals surface area (Å²) in [5.74, 6) is 0.962. The van der Waals surface area contributed by atoms with Gasteiger partial charge in [0.25, 0.3) is 0 Å². The van der Waals surface area contributed by atoms with Gasteiger partial charge in [-0.3, -0.25) is 0 Å². The van der Waals surface area contributed by atoms with Crippen LogP contribution in [0.5, 0.6) is 0 Å². The Morgan fingerprint density at radius 2 is 2.27 bits per heavy atom. The standard InChI is InChI=1S/C11H17N3S/c1-3-4-7-14(2)10-6-5-9(8-13-10)11(12)15/h5-6,8H,3-4,7H2,1-2H3,(H2,12,15). The smallest absolute Gasteiger partial charge is 0.128 e. The van der Waals surface area contributed by atoms with Crippen molar-refractivity contribution in [1.29, 1.82) is 0 Å². The van der Waals surface area contributed by atoms with E-state index in [4.69, 9.17) is 18.0 Å². The number of hydrogen-bond acceptors (Lipinski definition) is 3. The first-order valence-electron chi connectivity index (χ1n) is 5.12. The molecule has 15 heavy (non-hydrogen) atoms. The molecule has 1 aromatic heterocycles. The molecule has 1 rings (SSSR count). The summed E-state index contributed by atoms with van der Waals surface area (Å²) < 4.78 is 0. The van der Waals surface area contributed by atoms with Crippen LogP contribution in [0.25, 0.3) is 0 Å². The maximum atomic E-state index is 5.50. The van der Waals surface area contributed by atoms with Crippen LogP contribution in [0.15, 0.2) is 18.3 Å². The minimum Gasteiger partial charge on any atom is -0.389 e. The summed E-state index contributed by atoms with van der Waals surface area (Å²) in [4.78, 5) is 6.84. The van der Waals surface area contributed by atoms with E-state index < -0.39 is 0 Å². The van der Waals surface area contributed by atoms with Crippen LogP contribution in [-0.4, -0.2) is 23.6 Å². The summed E-state index contributed by atoms with van der Waals surface area (Å²) >= 11 is 4.87. The van der Waals surface area contributed by atoms with Gasteiger partial charge in [-0.25, -0.2) is 4.98 Å². The molecule has 82 valence electrons. The van der Waals surface area contributed by atoms with E-state index in [1.165, 1.54) is 12.8 Å². The molecule has 2 N–H and O–H groups in total. The van der Waals surface area contributed by atoms with E-state index >= 15 is 0 Å². The van der Waals surface area contributed by atoms with Gasteiger partial charge >= 0.3 is 0 Å². The largest absolute Gasteiger partial charge is 0.389 e. The molecule has 0 atom stereocenters. The average molecular weight is 223 g/mol. The molecule has 1 heterocycles. The quantitative estimate of drug-likeness (QED) is 0.775. The van der Waals surface area contributed by atoms with Crippen LogP contribution in [0.2, 0.25) is 0 Å². The Morgan fingerprint density at radius 1 is 1.53 bits per heavy atom. The molecule has 0 aliphatic rings. The van der Waals surface area contributed by atoms with Crippen LogP contribution in [-0.2, 0) is 0 Å². The molecule has 0 fully saturated rings. The van der Waals surface area contributed by atoms with Crippen LogP contribution in [0.4, 0.5) is 5.82 Å². The van der Waals surface area contributed by atoms with Crippen molar-refractivity contribution in [1.82, 2.24) is 4.98 Å². The number of rotatable bonds is 5. The third-order valence-electron chi connectivity index (χ3n) is 2.27. The van der Waals surface area contributed by atoms with Crippen molar-refractivity contribution in [2.75, 3.05) is 18.5 Å². The summed E-state index contributed by atoms with van der Waals surface area (Å²) in [6, 6.07) is 3.86. The number of thiocarbonyl (C=S) groups is 1. The van der Waals surface area contributed by atoms with Gasteiger partial charge in [0.05, 0.1) is 0 Å². The number of unbranched alkanes of at least 4 members (excludes halogenated alkanes) is 1. The summed E-state index contributed by atoms with van der Waals surface area (Å²) in [5, 5.41) is 0. The highest BCUT2D eigenvalue weighted by Crippen LogP contribution is 2.10. The molecule has 0 aliphatic heterocycles.